The van der Waals surface area contributed by atoms with Crippen molar-refractivity contribution in [3.05, 3.63) is 36.0 Å². The maximum Gasteiger partial charge on any atom is 0.279 e. The molecule has 4 aliphatic carbocycles. The molecule has 8 heteroatoms. The van der Waals surface area contributed by atoms with Gasteiger partial charge in [0.25, 0.3) is 5.91 Å². The van der Waals surface area contributed by atoms with Crippen molar-refractivity contribution in [3.8, 4) is 5.88 Å². The maximum absolute atomic E-state index is 13.5. The molecule has 0 radical (unpaired) electrons. The van der Waals surface area contributed by atoms with Crippen molar-refractivity contribution < 1.29 is 23.5 Å². The maximum atomic E-state index is 13.5. The number of likely N-dealkylation sites (N-methyl/N-ethyl adjacent to an activating group) is 1. The Balaban J connectivity index is 1.43. The normalized spacial score (nSPS) is 32.0. The SMILES string of the molecule is CCCCc1cc2ccccc2c(OCC[N+](C)(C)C2(C(N)=O)C3CC4CC(C(N)=O)(C3)CC2C4OC)n1. The lowest BCUT2D eigenvalue weighted by Crippen LogP contribution is -2.82. The second-order valence-corrected chi connectivity index (χ2v) is 12.4. The largest absolute Gasteiger partial charge is 0.471 e. The zero-order valence-electron chi connectivity index (χ0n) is 23.2. The summed E-state index contributed by atoms with van der Waals surface area (Å²) in [6.45, 7) is 3.13. The van der Waals surface area contributed by atoms with Crippen LogP contribution >= 0.6 is 0 Å². The monoisotopic (exact) mass is 523 g/mol. The van der Waals surface area contributed by atoms with Gasteiger partial charge in [0.15, 0.2) is 5.54 Å². The van der Waals surface area contributed by atoms with Crippen LogP contribution in [0.5, 0.6) is 5.88 Å². The zero-order valence-corrected chi connectivity index (χ0v) is 23.2. The molecule has 8 nitrogen and oxygen atoms in total. The highest BCUT2D eigenvalue weighted by atomic mass is 16.5. The van der Waals surface area contributed by atoms with Crippen molar-refractivity contribution in [2.75, 3.05) is 34.4 Å². The minimum atomic E-state index is -0.863. The number of carbonyl (C=O) groups excluding carboxylic acids is 2. The van der Waals surface area contributed by atoms with Gasteiger partial charge in [0.05, 0.1) is 31.5 Å². The summed E-state index contributed by atoms with van der Waals surface area (Å²) in [7, 11) is 5.85. The van der Waals surface area contributed by atoms with E-state index >= 15 is 0 Å². The fourth-order valence-corrected chi connectivity index (χ4v) is 8.57. The zero-order chi connectivity index (χ0) is 27.3. The fourth-order valence-electron chi connectivity index (χ4n) is 8.57. The van der Waals surface area contributed by atoms with Gasteiger partial charge >= 0.3 is 0 Å². The summed E-state index contributed by atoms with van der Waals surface area (Å²) >= 11 is 0. The fraction of sp³-hybridized carbons (Fsp3) is 0.633. The number of nitrogens with two attached hydrogens (primary N) is 2. The molecule has 4 fully saturated rings. The number of aryl methyl sites for hydroxylation is 1. The molecule has 0 aliphatic heterocycles. The standard InChI is InChI=1S/C30H42N4O4/c1-5-6-10-22-15-19-9-7-8-11-23(19)26(33-22)38-13-12-34(2,3)30(28(32)36)21-14-20-16-29(17-21,27(31)35)18-24(30)25(20)37-4/h7-9,11,15,20-21,24-25H,5-6,10,12-14,16-18H2,1-4H3,(H3-,31,32,35,36)/p+1. The summed E-state index contributed by atoms with van der Waals surface area (Å²) in [6.07, 6.45) is 5.70. The smallest absolute Gasteiger partial charge is 0.279 e. The Bertz CT molecular complexity index is 1230. The van der Waals surface area contributed by atoms with E-state index in [-0.39, 0.29) is 35.7 Å². The minimum absolute atomic E-state index is 0.0253. The molecule has 4 aliphatic rings. The van der Waals surface area contributed by atoms with E-state index < -0.39 is 11.0 Å². The van der Waals surface area contributed by atoms with Crippen LogP contribution in [-0.4, -0.2) is 67.3 Å². The van der Waals surface area contributed by atoms with Crippen LogP contribution in [0.4, 0.5) is 0 Å². The van der Waals surface area contributed by atoms with Crippen LogP contribution in [0.25, 0.3) is 10.8 Å². The van der Waals surface area contributed by atoms with E-state index in [9.17, 15) is 9.59 Å². The molecule has 2 aromatic rings. The van der Waals surface area contributed by atoms with E-state index in [1.54, 1.807) is 7.11 Å². The molecule has 6 atom stereocenters. The highest BCUT2D eigenvalue weighted by Gasteiger charge is 2.75. The van der Waals surface area contributed by atoms with E-state index in [1.165, 1.54) is 0 Å². The van der Waals surface area contributed by atoms with E-state index in [2.05, 4.69) is 33.2 Å². The molecule has 1 aromatic carbocycles. The van der Waals surface area contributed by atoms with Gasteiger partial charge in [-0.2, -0.15) is 0 Å². The first-order valence-corrected chi connectivity index (χ1v) is 14.1. The van der Waals surface area contributed by atoms with Crippen LogP contribution in [0.15, 0.2) is 30.3 Å². The van der Waals surface area contributed by atoms with Crippen LogP contribution in [-0.2, 0) is 20.7 Å². The Kier molecular flexibility index (Phi) is 6.93. The number of carbonyl (C=O) groups is 2. The van der Waals surface area contributed by atoms with Crippen LogP contribution in [0.3, 0.4) is 0 Å². The molecule has 6 rings (SSSR count). The van der Waals surface area contributed by atoms with Gasteiger partial charge < -0.3 is 25.4 Å². The average Bonchev–Trinajstić information content (AvgIpc) is 2.87. The van der Waals surface area contributed by atoms with Crippen LogP contribution in [0.1, 0.15) is 51.1 Å². The van der Waals surface area contributed by atoms with Gasteiger partial charge in [-0.1, -0.05) is 31.5 Å². The summed E-state index contributed by atoms with van der Waals surface area (Å²) in [5.41, 5.74) is 11.9. The Morgan fingerprint density at radius 3 is 2.58 bits per heavy atom. The number of methoxy groups -OCH3 is 1. The molecule has 4 saturated carbocycles. The van der Waals surface area contributed by atoms with Gasteiger partial charge in [-0.25, -0.2) is 4.98 Å². The number of quaternary nitrogens is 1. The number of amides is 2. The number of primary amides is 2. The molecular formula is C30H43N4O4+. The molecule has 6 unspecified atom stereocenters. The van der Waals surface area contributed by atoms with E-state index in [1.807, 2.05) is 18.2 Å². The van der Waals surface area contributed by atoms with Crippen LogP contribution < -0.4 is 16.2 Å². The number of nitrogens with zero attached hydrogens (tertiary/aromatic N) is 2. The second kappa shape index (κ2) is 9.79. The third kappa shape index (κ3) is 3.99. The summed E-state index contributed by atoms with van der Waals surface area (Å²) in [4.78, 5) is 31.0. The highest BCUT2D eigenvalue weighted by molar-refractivity contribution is 5.88. The van der Waals surface area contributed by atoms with Crippen LogP contribution in [0, 0.1) is 23.2 Å². The third-order valence-electron chi connectivity index (χ3n) is 10.2. The molecule has 0 spiro atoms. The Labute approximate surface area is 225 Å². The first-order valence-electron chi connectivity index (χ1n) is 14.1. The first-order chi connectivity index (χ1) is 18.1. The van der Waals surface area contributed by atoms with Crippen molar-refractivity contribution >= 4 is 22.6 Å². The molecule has 2 amide bonds. The molecule has 0 saturated heterocycles. The number of rotatable bonds is 11. The van der Waals surface area contributed by atoms with E-state index in [0.717, 1.165) is 48.6 Å². The summed E-state index contributed by atoms with van der Waals surface area (Å²) in [6, 6.07) is 10.3. The first kappa shape index (κ1) is 26.9. The quantitative estimate of drug-likeness (QED) is 0.439. The molecule has 1 aromatic heterocycles. The van der Waals surface area contributed by atoms with Gasteiger partial charge in [-0.3, -0.25) is 9.59 Å². The summed E-state index contributed by atoms with van der Waals surface area (Å²) in [5.74, 6) is 0.0882. The van der Waals surface area contributed by atoms with Gasteiger partial charge in [0.1, 0.15) is 13.2 Å². The van der Waals surface area contributed by atoms with Crippen LogP contribution in [0.2, 0.25) is 0 Å². The molecule has 206 valence electrons. The van der Waals surface area contributed by atoms with Gasteiger partial charge in [-0.05, 0) is 62.0 Å². The van der Waals surface area contributed by atoms with Crippen molar-refractivity contribution in [1.82, 2.24) is 4.98 Å². The topological polar surface area (TPSA) is 118 Å². The van der Waals surface area contributed by atoms with E-state index in [4.69, 9.17) is 25.9 Å². The molecule has 38 heavy (non-hydrogen) atoms. The molecule has 1 heterocycles. The van der Waals surface area contributed by atoms with Gasteiger partial charge in [0, 0.05) is 24.1 Å². The van der Waals surface area contributed by atoms with E-state index in [0.29, 0.717) is 36.4 Å². The van der Waals surface area contributed by atoms with Gasteiger partial charge in [0.2, 0.25) is 11.8 Å². The lowest BCUT2D eigenvalue weighted by molar-refractivity contribution is -0.944. The number of unbranched alkanes of at least 4 members (excludes halogenated alkanes) is 1. The second-order valence-electron chi connectivity index (χ2n) is 12.4. The number of hydrogen-bond donors (Lipinski definition) is 2. The molecule has 4 bridgehead atoms. The lowest BCUT2D eigenvalue weighted by Gasteiger charge is -2.68. The van der Waals surface area contributed by atoms with Crippen molar-refractivity contribution in [2.24, 2.45) is 34.6 Å². The predicted octanol–water partition coefficient (Wildman–Crippen LogP) is 3.19. The average molecular weight is 524 g/mol. The highest BCUT2D eigenvalue weighted by Crippen LogP contribution is 2.66. The minimum Gasteiger partial charge on any atom is -0.471 e. The number of benzene rings is 1. The number of ether oxygens (including phenoxy) is 2. The number of hydrogen-bond acceptors (Lipinski definition) is 5. The number of pyridine rings is 1. The Morgan fingerprint density at radius 2 is 1.89 bits per heavy atom. The predicted molar refractivity (Wildman–Crippen MR) is 146 cm³/mol. The molecular weight excluding hydrogens is 480 g/mol. The Hall–Kier alpha value is -2.71. The van der Waals surface area contributed by atoms with Crippen molar-refractivity contribution in [1.29, 1.82) is 0 Å². The Morgan fingerprint density at radius 1 is 1.13 bits per heavy atom. The third-order valence-corrected chi connectivity index (χ3v) is 10.2. The lowest BCUT2D eigenvalue weighted by atomic mass is 9.41. The number of aromatic nitrogens is 1. The number of fused-ring (bicyclic) bond motifs is 1. The molecule has 4 N–H and O–H groups in total. The van der Waals surface area contributed by atoms with Crippen molar-refractivity contribution in [2.45, 2.75) is 63.5 Å². The summed E-state index contributed by atoms with van der Waals surface area (Å²) in [5, 5.41) is 2.10. The van der Waals surface area contributed by atoms with Crippen molar-refractivity contribution in [3.63, 3.8) is 0 Å². The van der Waals surface area contributed by atoms with Gasteiger partial charge in [-0.15, -0.1) is 0 Å². The summed E-state index contributed by atoms with van der Waals surface area (Å²) < 4.78 is 12.7.